The van der Waals surface area contributed by atoms with E-state index in [9.17, 15) is 17.6 Å². The van der Waals surface area contributed by atoms with E-state index in [2.05, 4.69) is 15.5 Å². The van der Waals surface area contributed by atoms with Crippen LogP contribution in [0.2, 0.25) is 0 Å². The van der Waals surface area contributed by atoms with E-state index in [1.54, 1.807) is 0 Å². The van der Waals surface area contributed by atoms with Crippen LogP contribution in [-0.2, 0) is 19.0 Å². The Kier molecular flexibility index (Phi) is 5.33. The number of nitrogens with zero attached hydrogens (tertiary/aromatic N) is 3. The maximum atomic E-state index is 13.5. The molecule has 25 heavy (non-hydrogen) atoms. The van der Waals surface area contributed by atoms with Gasteiger partial charge in [0.25, 0.3) is 0 Å². The van der Waals surface area contributed by atoms with Crippen molar-refractivity contribution >= 4 is 11.8 Å². The molecule has 0 bridgehead atoms. The lowest BCUT2D eigenvalue weighted by atomic mass is 9.97. The number of rotatable bonds is 4. The van der Waals surface area contributed by atoms with E-state index < -0.39 is 17.6 Å². The molecule has 0 atom stereocenters. The van der Waals surface area contributed by atoms with Gasteiger partial charge in [-0.15, -0.1) is 10.2 Å². The number of piperidine rings is 1. The Morgan fingerprint density at radius 1 is 1.20 bits per heavy atom. The summed E-state index contributed by atoms with van der Waals surface area (Å²) >= 11 is 1.25. The first-order valence-corrected chi connectivity index (χ1v) is 8.92. The van der Waals surface area contributed by atoms with E-state index >= 15 is 0 Å². The van der Waals surface area contributed by atoms with Gasteiger partial charge in [0.1, 0.15) is 11.6 Å². The summed E-state index contributed by atoms with van der Waals surface area (Å²) in [5.74, 6) is 0.524. The van der Waals surface area contributed by atoms with Gasteiger partial charge in [-0.1, -0.05) is 11.8 Å². The van der Waals surface area contributed by atoms with Gasteiger partial charge in [-0.3, -0.25) is 0 Å². The molecule has 1 aromatic heterocycles. The van der Waals surface area contributed by atoms with Gasteiger partial charge < -0.3 is 9.88 Å². The summed E-state index contributed by atoms with van der Waals surface area (Å²) in [6.07, 6.45) is -2.60. The van der Waals surface area contributed by atoms with Gasteiger partial charge in [0.2, 0.25) is 0 Å². The van der Waals surface area contributed by atoms with E-state index in [1.165, 1.54) is 11.8 Å². The molecule has 1 aromatic carbocycles. The van der Waals surface area contributed by atoms with E-state index in [0.29, 0.717) is 17.1 Å². The zero-order valence-corrected chi connectivity index (χ0v) is 14.4. The number of aromatic nitrogens is 3. The molecule has 136 valence electrons. The van der Waals surface area contributed by atoms with Gasteiger partial charge in [0, 0.05) is 18.7 Å². The molecule has 2 heterocycles. The van der Waals surface area contributed by atoms with Crippen LogP contribution in [0, 0.1) is 5.82 Å². The fourth-order valence-corrected chi connectivity index (χ4v) is 3.78. The third kappa shape index (κ3) is 4.33. The van der Waals surface area contributed by atoms with Crippen molar-refractivity contribution in [1.29, 1.82) is 0 Å². The van der Waals surface area contributed by atoms with Crippen LogP contribution < -0.4 is 5.32 Å². The molecule has 0 aliphatic carbocycles. The van der Waals surface area contributed by atoms with E-state index in [1.807, 2.05) is 11.6 Å². The van der Waals surface area contributed by atoms with Crippen LogP contribution in [0.25, 0.3) is 0 Å². The Labute approximate surface area is 147 Å². The normalized spacial score (nSPS) is 16.4. The van der Waals surface area contributed by atoms with Crippen LogP contribution in [0.3, 0.4) is 0 Å². The summed E-state index contributed by atoms with van der Waals surface area (Å²) in [4.78, 5) is 0. The molecule has 0 radical (unpaired) electrons. The Bertz CT molecular complexity index is 738. The number of nitrogens with one attached hydrogen (secondary N) is 1. The number of benzene rings is 1. The standard InChI is InChI=1S/C16H18F4N4S/c1-24-14(11-2-4-21-5-3-11)22-23-15(24)25-9-10-6-12(16(18,19)20)8-13(17)7-10/h6-8,11,21H,2-5,9H2,1H3. The van der Waals surface area contributed by atoms with Crippen molar-refractivity contribution in [1.82, 2.24) is 20.1 Å². The summed E-state index contributed by atoms with van der Waals surface area (Å²) in [7, 11) is 1.85. The van der Waals surface area contributed by atoms with E-state index in [0.717, 1.165) is 43.9 Å². The maximum Gasteiger partial charge on any atom is 0.416 e. The number of alkyl halides is 3. The second kappa shape index (κ2) is 7.33. The summed E-state index contributed by atoms with van der Waals surface area (Å²) in [5.41, 5.74) is -0.708. The van der Waals surface area contributed by atoms with Crippen molar-refractivity contribution in [2.45, 2.75) is 35.8 Å². The average molecular weight is 374 g/mol. The van der Waals surface area contributed by atoms with Crippen molar-refractivity contribution in [3.63, 3.8) is 0 Å². The maximum absolute atomic E-state index is 13.5. The lowest BCUT2D eigenvalue weighted by Crippen LogP contribution is -2.27. The molecular formula is C16H18F4N4S. The molecule has 1 aliphatic rings. The second-order valence-corrected chi connectivity index (χ2v) is 7.00. The minimum absolute atomic E-state index is 0.193. The predicted octanol–water partition coefficient (Wildman–Crippen LogP) is 3.73. The summed E-state index contributed by atoms with van der Waals surface area (Å²) in [5, 5.41) is 12.3. The molecule has 1 N–H and O–H groups in total. The predicted molar refractivity (Wildman–Crippen MR) is 86.8 cm³/mol. The molecule has 9 heteroatoms. The van der Waals surface area contributed by atoms with Crippen LogP contribution in [0.15, 0.2) is 23.4 Å². The van der Waals surface area contributed by atoms with E-state index in [4.69, 9.17) is 0 Å². The first-order chi connectivity index (χ1) is 11.8. The fourth-order valence-electron chi connectivity index (χ4n) is 2.93. The SMILES string of the molecule is Cn1c(SCc2cc(F)cc(C(F)(F)F)c2)nnc1C1CCNCC1. The molecule has 3 rings (SSSR count). The third-order valence-electron chi connectivity index (χ3n) is 4.23. The van der Waals surface area contributed by atoms with Gasteiger partial charge in [0.15, 0.2) is 5.16 Å². The van der Waals surface area contributed by atoms with Crippen LogP contribution in [0.5, 0.6) is 0 Å². The van der Waals surface area contributed by atoms with Crippen molar-refractivity contribution in [2.75, 3.05) is 13.1 Å². The summed E-state index contributed by atoms with van der Waals surface area (Å²) < 4.78 is 53.7. The second-order valence-electron chi connectivity index (χ2n) is 6.06. The monoisotopic (exact) mass is 374 g/mol. The van der Waals surface area contributed by atoms with Crippen molar-refractivity contribution in [3.8, 4) is 0 Å². The molecule has 1 fully saturated rings. The highest BCUT2D eigenvalue weighted by atomic mass is 32.2. The summed E-state index contributed by atoms with van der Waals surface area (Å²) in [6.45, 7) is 1.87. The summed E-state index contributed by atoms with van der Waals surface area (Å²) in [6, 6.07) is 2.60. The average Bonchev–Trinajstić information content (AvgIpc) is 2.93. The third-order valence-corrected chi connectivity index (χ3v) is 5.32. The molecule has 0 saturated carbocycles. The van der Waals surface area contributed by atoms with Crippen LogP contribution in [-0.4, -0.2) is 27.9 Å². The lowest BCUT2D eigenvalue weighted by molar-refractivity contribution is -0.137. The topological polar surface area (TPSA) is 42.7 Å². The van der Waals surface area contributed by atoms with Crippen LogP contribution >= 0.6 is 11.8 Å². The van der Waals surface area contributed by atoms with E-state index in [-0.39, 0.29) is 11.3 Å². The molecule has 0 unspecified atom stereocenters. The number of hydrogen-bond donors (Lipinski definition) is 1. The minimum Gasteiger partial charge on any atom is -0.317 e. The molecule has 4 nitrogen and oxygen atoms in total. The van der Waals surface area contributed by atoms with Crippen molar-refractivity contribution in [2.24, 2.45) is 7.05 Å². The number of hydrogen-bond acceptors (Lipinski definition) is 4. The smallest absolute Gasteiger partial charge is 0.317 e. The molecular weight excluding hydrogens is 356 g/mol. The van der Waals surface area contributed by atoms with Gasteiger partial charge >= 0.3 is 6.18 Å². The first-order valence-electron chi connectivity index (χ1n) is 7.94. The van der Waals surface area contributed by atoms with Crippen molar-refractivity contribution in [3.05, 3.63) is 41.0 Å². The van der Waals surface area contributed by atoms with Gasteiger partial charge in [0.05, 0.1) is 5.56 Å². The van der Waals surface area contributed by atoms with Gasteiger partial charge in [-0.2, -0.15) is 13.2 Å². The van der Waals surface area contributed by atoms with Crippen LogP contribution in [0.1, 0.15) is 35.7 Å². The van der Waals surface area contributed by atoms with Crippen LogP contribution in [0.4, 0.5) is 17.6 Å². The molecule has 1 saturated heterocycles. The number of thioether (sulfide) groups is 1. The molecule has 1 aliphatic heterocycles. The Hall–Kier alpha value is -1.61. The molecule has 0 spiro atoms. The Morgan fingerprint density at radius 2 is 1.92 bits per heavy atom. The largest absolute Gasteiger partial charge is 0.416 e. The van der Waals surface area contributed by atoms with Gasteiger partial charge in [-0.25, -0.2) is 4.39 Å². The van der Waals surface area contributed by atoms with Gasteiger partial charge in [-0.05, 0) is 49.7 Å². The number of halogens is 4. The minimum atomic E-state index is -4.56. The fraction of sp³-hybridized carbons (Fsp3) is 0.500. The highest BCUT2D eigenvalue weighted by Crippen LogP contribution is 2.32. The molecule has 2 aromatic rings. The Morgan fingerprint density at radius 3 is 2.60 bits per heavy atom. The quantitative estimate of drug-likeness (QED) is 0.654. The highest BCUT2D eigenvalue weighted by Gasteiger charge is 2.31. The zero-order chi connectivity index (χ0) is 18.0. The van der Waals surface area contributed by atoms with Crippen molar-refractivity contribution < 1.29 is 17.6 Å². The first kappa shape index (κ1) is 18.2. The lowest BCUT2D eigenvalue weighted by Gasteiger charge is -2.21. The highest BCUT2D eigenvalue weighted by molar-refractivity contribution is 7.98. The molecule has 0 amide bonds. The zero-order valence-electron chi connectivity index (χ0n) is 13.6. The Balaban J connectivity index is 1.72.